The average molecular weight is 220 g/mol. The van der Waals surface area contributed by atoms with Gasteiger partial charge in [0.15, 0.2) is 0 Å². The third-order valence-corrected chi connectivity index (χ3v) is 4.20. The maximum atomic E-state index is 13.7. The van der Waals surface area contributed by atoms with Crippen molar-refractivity contribution < 1.29 is 4.39 Å². The van der Waals surface area contributed by atoms with E-state index in [0.29, 0.717) is 5.92 Å². The minimum atomic E-state index is -0.178. The predicted molar refractivity (Wildman–Crippen MR) is 60.3 cm³/mol. The van der Waals surface area contributed by atoms with E-state index in [1.165, 1.54) is 25.5 Å². The van der Waals surface area contributed by atoms with Crippen LogP contribution < -0.4 is 5.32 Å². The molecule has 0 bridgehead atoms. The minimum Gasteiger partial charge on any atom is -0.313 e. The Balaban J connectivity index is 1.82. The monoisotopic (exact) mass is 220 g/mol. The van der Waals surface area contributed by atoms with Crippen molar-refractivity contribution >= 4 is 0 Å². The molecule has 0 radical (unpaired) electrons. The zero-order valence-corrected chi connectivity index (χ0v) is 9.49. The van der Waals surface area contributed by atoms with E-state index in [1.54, 1.807) is 12.3 Å². The van der Waals surface area contributed by atoms with E-state index in [4.69, 9.17) is 0 Å². The highest BCUT2D eigenvalue weighted by Gasteiger charge is 2.48. The summed E-state index contributed by atoms with van der Waals surface area (Å²) in [6, 6.07) is 1.97. The summed E-state index contributed by atoms with van der Waals surface area (Å²) < 4.78 is 13.7. The van der Waals surface area contributed by atoms with Crippen molar-refractivity contribution in [2.75, 3.05) is 7.05 Å². The molecule has 0 aromatic carbocycles. The molecule has 2 aliphatic rings. The second-order valence-corrected chi connectivity index (χ2v) is 5.15. The zero-order valence-electron chi connectivity index (χ0n) is 9.49. The summed E-state index contributed by atoms with van der Waals surface area (Å²) in [4.78, 5) is 3.81. The van der Waals surface area contributed by atoms with Gasteiger partial charge in [-0.2, -0.15) is 0 Å². The van der Waals surface area contributed by atoms with Gasteiger partial charge in [-0.3, -0.25) is 4.98 Å². The first-order chi connectivity index (χ1) is 7.79. The van der Waals surface area contributed by atoms with Crippen molar-refractivity contribution in [2.45, 2.75) is 25.3 Å². The van der Waals surface area contributed by atoms with Gasteiger partial charge in [0.2, 0.25) is 0 Å². The van der Waals surface area contributed by atoms with E-state index in [9.17, 15) is 4.39 Å². The fraction of sp³-hybridized carbons (Fsp3) is 0.615. The molecule has 1 heterocycles. The van der Waals surface area contributed by atoms with Crippen LogP contribution in [0.4, 0.5) is 4.39 Å². The summed E-state index contributed by atoms with van der Waals surface area (Å²) in [6.45, 7) is 0. The Morgan fingerprint density at radius 3 is 2.75 bits per heavy atom. The van der Waals surface area contributed by atoms with Crippen LogP contribution in [0.5, 0.6) is 0 Å². The molecule has 3 heteroatoms. The van der Waals surface area contributed by atoms with E-state index in [-0.39, 0.29) is 11.9 Å². The van der Waals surface area contributed by atoms with E-state index in [2.05, 4.69) is 10.3 Å². The lowest BCUT2D eigenvalue weighted by Gasteiger charge is -2.25. The van der Waals surface area contributed by atoms with Gasteiger partial charge < -0.3 is 5.32 Å². The molecule has 1 aromatic rings. The Bertz CT molecular complexity index is 383. The first-order valence-corrected chi connectivity index (χ1v) is 6.06. The predicted octanol–water partition coefficient (Wildman–Crippen LogP) is 2.53. The summed E-state index contributed by atoms with van der Waals surface area (Å²) in [5, 5.41) is 3.27. The molecule has 2 fully saturated rings. The van der Waals surface area contributed by atoms with Crippen molar-refractivity contribution in [3.63, 3.8) is 0 Å². The molecule has 3 unspecified atom stereocenters. The molecule has 2 nitrogen and oxygen atoms in total. The minimum absolute atomic E-state index is 0.163. The van der Waals surface area contributed by atoms with E-state index in [0.717, 1.165) is 17.4 Å². The lowest BCUT2D eigenvalue weighted by Crippen LogP contribution is -2.25. The molecule has 1 N–H and O–H groups in total. The second kappa shape index (κ2) is 3.81. The molecule has 0 spiro atoms. The van der Waals surface area contributed by atoms with Gasteiger partial charge in [-0.1, -0.05) is 0 Å². The molecule has 2 aliphatic carbocycles. The molecular formula is C13H17FN2. The number of pyridine rings is 1. The van der Waals surface area contributed by atoms with Crippen molar-refractivity contribution in [2.24, 2.45) is 17.8 Å². The lowest BCUT2D eigenvalue weighted by atomic mass is 9.89. The molecule has 0 saturated heterocycles. The Hall–Kier alpha value is -0.960. The van der Waals surface area contributed by atoms with Gasteiger partial charge in [0.1, 0.15) is 5.82 Å². The van der Waals surface area contributed by atoms with Crippen LogP contribution in [0.1, 0.15) is 30.9 Å². The Labute approximate surface area is 95.3 Å². The lowest BCUT2D eigenvalue weighted by molar-refractivity contribution is 0.349. The molecule has 86 valence electrons. The van der Waals surface area contributed by atoms with Crippen LogP contribution in [-0.4, -0.2) is 12.0 Å². The van der Waals surface area contributed by atoms with Gasteiger partial charge in [-0.25, -0.2) is 4.39 Å². The molecule has 0 amide bonds. The van der Waals surface area contributed by atoms with Gasteiger partial charge in [0.25, 0.3) is 0 Å². The fourth-order valence-corrected chi connectivity index (χ4v) is 3.32. The van der Waals surface area contributed by atoms with Crippen molar-refractivity contribution in [1.29, 1.82) is 0 Å². The highest BCUT2D eigenvalue weighted by Crippen LogP contribution is 2.57. The molecule has 3 rings (SSSR count). The summed E-state index contributed by atoms with van der Waals surface area (Å²) >= 11 is 0. The van der Waals surface area contributed by atoms with Crippen molar-refractivity contribution in [1.82, 2.24) is 10.3 Å². The molecule has 0 aliphatic heterocycles. The zero-order chi connectivity index (χ0) is 11.1. The van der Waals surface area contributed by atoms with Gasteiger partial charge in [0, 0.05) is 17.8 Å². The molecule has 2 saturated carbocycles. The number of halogens is 1. The normalized spacial score (nSPS) is 33.5. The summed E-state index contributed by atoms with van der Waals surface area (Å²) in [6.07, 6.45) is 6.93. The largest absolute Gasteiger partial charge is 0.313 e. The highest BCUT2D eigenvalue weighted by molar-refractivity contribution is 5.19. The SMILES string of the molecule is CNC(c1ccncc1F)C1CC2CC2C1. The molecule has 3 atom stereocenters. The van der Waals surface area contributed by atoms with Crippen LogP contribution in [0.15, 0.2) is 18.5 Å². The highest BCUT2D eigenvalue weighted by atomic mass is 19.1. The number of nitrogens with one attached hydrogen (secondary N) is 1. The molecule has 1 aromatic heterocycles. The fourth-order valence-electron chi connectivity index (χ4n) is 3.32. The van der Waals surface area contributed by atoms with Crippen molar-refractivity contribution in [3.8, 4) is 0 Å². The Morgan fingerprint density at radius 2 is 2.12 bits per heavy atom. The quantitative estimate of drug-likeness (QED) is 0.846. The van der Waals surface area contributed by atoms with Gasteiger partial charge in [-0.05, 0) is 50.1 Å². The van der Waals surface area contributed by atoms with Crippen LogP contribution in [0.3, 0.4) is 0 Å². The second-order valence-electron chi connectivity index (χ2n) is 5.15. The van der Waals surface area contributed by atoms with Crippen LogP contribution >= 0.6 is 0 Å². The maximum Gasteiger partial charge on any atom is 0.146 e. The summed E-state index contributed by atoms with van der Waals surface area (Å²) in [5.41, 5.74) is 0.781. The summed E-state index contributed by atoms with van der Waals surface area (Å²) in [7, 11) is 1.93. The first-order valence-electron chi connectivity index (χ1n) is 6.06. The van der Waals surface area contributed by atoms with Gasteiger partial charge >= 0.3 is 0 Å². The van der Waals surface area contributed by atoms with E-state index >= 15 is 0 Å². The maximum absolute atomic E-state index is 13.7. The Kier molecular flexibility index (Phi) is 2.43. The summed E-state index contributed by atoms with van der Waals surface area (Å²) in [5.74, 6) is 2.30. The standard InChI is InChI=1S/C13H17FN2/c1-15-13(10-5-8-4-9(8)6-10)11-2-3-16-7-12(11)14/h2-3,7-10,13,15H,4-6H2,1H3. The smallest absolute Gasteiger partial charge is 0.146 e. The van der Waals surface area contributed by atoms with E-state index in [1.807, 2.05) is 7.05 Å². The van der Waals surface area contributed by atoms with Crippen LogP contribution in [-0.2, 0) is 0 Å². The average Bonchev–Trinajstić information content (AvgIpc) is 2.90. The number of rotatable bonds is 3. The third-order valence-electron chi connectivity index (χ3n) is 4.20. The number of fused-ring (bicyclic) bond motifs is 1. The van der Waals surface area contributed by atoms with E-state index < -0.39 is 0 Å². The topological polar surface area (TPSA) is 24.9 Å². The Morgan fingerprint density at radius 1 is 1.38 bits per heavy atom. The number of hydrogen-bond donors (Lipinski definition) is 1. The number of hydrogen-bond acceptors (Lipinski definition) is 2. The number of aromatic nitrogens is 1. The van der Waals surface area contributed by atoms with Crippen molar-refractivity contribution in [3.05, 3.63) is 29.8 Å². The van der Waals surface area contributed by atoms with Crippen LogP contribution in [0.2, 0.25) is 0 Å². The van der Waals surface area contributed by atoms with Gasteiger partial charge in [-0.15, -0.1) is 0 Å². The van der Waals surface area contributed by atoms with Crippen LogP contribution in [0.25, 0.3) is 0 Å². The third kappa shape index (κ3) is 1.63. The number of nitrogens with zero attached hydrogens (tertiary/aromatic N) is 1. The molecule has 16 heavy (non-hydrogen) atoms. The van der Waals surface area contributed by atoms with Gasteiger partial charge in [0.05, 0.1) is 6.20 Å². The first kappa shape index (κ1) is 10.2. The molecular weight excluding hydrogens is 203 g/mol. The van der Waals surface area contributed by atoms with Crippen LogP contribution in [0, 0.1) is 23.6 Å².